The van der Waals surface area contributed by atoms with Gasteiger partial charge in [0.15, 0.2) is 0 Å². The molecule has 0 aromatic heterocycles. The van der Waals surface area contributed by atoms with Crippen molar-refractivity contribution in [2.75, 3.05) is 0 Å². The molecule has 0 spiro atoms. The van der Waals surface area contributed by atoms with Crippen molar-refractivity contribution in [3.8, 4) is 0 Å². The molecule has 0 aromatic carbocycles. The zero-order valence-electron chi connectivity index (χ0n) is 4.86. The van der Waals surface area contributed by atoms with Crippen LogP contribution in [0.15, 0.2) is 16.5 Å². The van der Waals surface area contributed by atoms with E-state index in [9.17, 15) is 0 Å². The summed E-state index contributed by atoms with van der Waals surface area (Å²) in [6, 6.07) is 0. The van der Waals surface area contributed by atoms with Crippen LogP contribution in [0.4, 0.5) is 0 Å². The van der Waals surface area contributed by atoms with E-state index >= 15 is 0 Å². The van der Waals surface area contributed by atoms with E-state index in [1.165, 1.54) is 0 Å². The van der Waals surface area contributed by atoms with Crippen LogP contribution in [-0.4, -0.2) is 16.0 Å². The number of allylic oxidation sites excluding steroid dienone is 1. The summed E-state index contributed by atoms with van der Waals surface area (Å²) in [7, 11) is -1.96. The van der Waals surface area contributed by atoms with E-state index in [0.717, 1.165) is 12.8 Å². The Morgan fingerprint density at radius 2 is 2.22 bits per heavy atom. The van der Waals surface area contributed by atoms with Gasteiger partial charge in [-0.3, -0.25) is 4.99 Å². The molecule has 0 amide bonds. The van der Waals surface area contributed by atoms with Gasteiger partial charge < -0.3 is 9.79 Å². The zero-order valence-corrected chi connectivity index (χ0v) is 5.75. The second-order valence-electron chi connectivity index (χ2n) is 1.74. The maximum Gasteiger partial charge on any atom is 0.219 e. The van der Waals surface area contributed by atoms with Gasteiger partial charge in [0.05, 0.1) is 0 Å². The smallest absolute Gasteiger partial charge is 0.219 e. The van der Waals surface area contributed by atoms with Gasteiger partial charge in [0.2, 0.25) is 8.38 Å². The van der Waals surface area contributed by atoms with Crippen molar-refractivity contribution in [3.63, 3.8) is 0 Å². The van der Waals surface area contributed by atoms with Gasteiger partial charge >= 0.3 is 0 Å². The number of hydrogen-bond acceptors (Lipinski definition) is 3. The average Bonchev–Trinajstić information content (AvgIpc) is 1.90. The Labute approximate surface area is 54.7 Å². The van der Waals surface area contributed by atoms with Crippen molar-refractivity contribution in [3.05, 3.63) is 11.5 Å². The minimum absolute atomic E-state index is 0.427. The minimum Gasteiger partial charge on any atom is -0.346 e. The summed E-state index contributed by atoms with van der Waals surface area (Å²) in [6.07, 6.45) is 5.24. The highest BCUT2D eigenvalue weighted by molar-refractivity contribution is 7.49. The van der Waals surface area contributed by atoms with Gasteiger partial charge in [-0.1, -0.05) is 6.08 Å². The highest BCUT2D eigenvalue weighted by Crippen LogP contribution is 2.37. The predicted octanol–water partition coefficient (Wildman–Crippen LogP) is 0.989. The summed E-state index contributed by atoms with van der Waals surface area (Å²) < 4.78 is 0. The topological polar surface area (TPSA) is 52.8 Å². The van der Waals surface area contributed by atoms with Crippen molar-refractivity contribution in [1.29, 1.82) is 0 Å². The van der Waals surface area contributed by atoms with Gasteiger partial charge in [-0.2, -0.15) is 0 Å². The fourth-order valence-corrected chi connectivity index (χ4v) is 1.11. The highest BCUT2D eigenvalue weighted by atomic mass is 31.2. The molecule has 4 heteroatoms. The van der Waals surface area contributed by atoms with Crippen LogP contribution in [0.3, 0.4) is 0 Å². The van der Waals surface area contributed by atoms with E-state index in [1.54, 1.807) is 12.3 Å². The lowest BCUT2D eigenvalue weighted by Gasteiger charge is -2.04. The van der Waals surface area contributed by atoms with E-state index in [2.05, 4.69) is 4.99 Å². The summed E-state index contributed by atoms with van der Waals surface area (Å²) in [5.74, 6) is 0. The number of aliphatic imine (C=N–C) groups is 1. The van der Waals surface area contributed by atoms with Crippen LogP contribution in [0.2, 0.25) is 0 Å². The molecule has 0 saturated heterocycles. The Balaban J connectivity index is 2.58. The monoisotopic (exact) mass is 145 g/mol. The first-order valence-corrected chi connectivity index (χ1v) is 3.96. The summed E-state index contributed by atoms with van der Waals surface area (Å²) >= 11 is 0. The minimum atomic E-state index is -1.96. The molecule has 0 atom stereocenters. The lowest BCUT2D eigenvalue weighted by atomic mass is 10.3. The van der Waals surface area contributed by atoms with Crippen LogP contribution in [0.5, 0.6) is 0 Å². The summed E-state index contributed by atoms with van der Waals surface area (Å²) in [6.45, 7) is 0. The van der Waals surface area contributed by atoms with E-state index < -0.39 is 8.38 Å². The molecule has 1 heterocycles. The Kier molecular flexibility index (Phi) is 2.34. The average molecular weight is 145 g/mol. The summed E-state index contributed by atoms with van der Waals surface area (Å²) in [5.41, 5.74) is 0.427. The molecule has 1 aliphatic heterocycles. The molecule has 0 radical (unpaired) electrons. The Hall–Kier alpha value is -0.240. The second kappa shape index (κ2) is 3.06. The maximum atomic E-state index is 8.62. The molecule has 1 rings (SSSR count). The molecule has 50 valence electrons. The van der Waals surface area contributed by atoms with Gasteiger partial charge in [-0.05, 0) is 12.8 Å². The van der Waals surface area contributed by atoms with Crippen molar-refractivity contribution in [1.82, 2.24) is 0 Å². The van der Waals surface area contributed by atoms with Crippen LogP contribution >= 0.6 is 8.38 Å². The molecule has 0 aromatic rings. The SMILES string of the molecule is OP(O)C1=CCCC=N1. The third-order valence-corrected chi connectivity index (χ3v) is 1.76. The van der Waals surface area contributed by atoms with Crippen molar-refractivity contribution >= 4 is 14.6 Å². The van der Waals surface area contributed by atoms with Gasteiger partial charge in [-0.15, -0.1) is 0 Å². The summed E-state index contributed by atoms with van der Waals surface area (Å²) in [5, 5.41) is 0. The molecule has 3 nitrogen and oxygen atoms in total. The molecule has 0 saturated carbocycles. The largest absolute Gasteiger partial charge is 0.346 e. The van der Waals surface area contributed by atoms with E-state index in [0.29, 0.717) is 5.44 Å². The van der Waals surface area contributed by atoms with Crippen LogP contribution in [0.25, 0.3) is 0 Å². The first kappa shape index (κ1) is 6.87. The molecule has 2 N–H and O–H groups in total. The number of nitrogens with zero attached hydrogens (tertiary/aromatic N) is 1. The van der Waals surface area contributed by atoms with E-state index in [1.807, 2.05) is 0 Å². The van der Waals surface area contributed by atoms with Crippen LogP contribution in [0.1, 0.15) is 12.8 Å². The molecule has 0 unspecified atom stereocenters. The zero-order chi connectivity index (χ0) is 6.69. The fourth-order valence-electron chi connectivity index (χ4n) is 0.631. The standard InChI is InChI=1S/C5H8NO2P/c7-9(8)5-3-1-2-4-6-5/h3-4,7-8H,1-2H2. The lowest BCUT2D eigenvalue weighted by molar-refractivity contribution is 0.491. The van der Waals surface area contributed by atoms with E-state index in [4.69, 9.17) is 9.79 Å². The van der Waals surface area contributed by atoms with Gasteiger partial charge in [0, 0.05) is 6.21 Å². The Bertz CT molecular complexity index is 153. The van der Waals surface area contributed by atoms with Crippen LogP contribution in [-0.2, 0) is 0 Å². The molecular weight excluding hydrogens is 137 g/mol. The van der Waals surface area contributed by atoms with Crippen molar-refractivity contribution in [2.45, 2.75) is 12.8 Å². The first-order chi connectivity index (χ1) is 4.30. The van der Waals surface area contributed by atoms with Crippen molar-refractivity contribution < 1.29 is 9.79 Å². The first-order valence-electron chi connectivity index (χ1n) is 2.71. The fraction of sp³-hybridized carbons (Fsp3) is 0.400. The molecule has 9 heavy (non-hydrogen) atoms. The maximum absolute atomic E-state index is 8.62. The molecule has 0 fully saturated rings. The van der Waals surface area contributed by atoms with Crippen LogP contribution < -0.4 is 0 Å². The quantitative estimate of drug-likeness (QED) is 0.540. The normalized spacial score (nSPS) is 18.3. The van der Waals surface area contributed by atoms with Crippen LogP contribution in [0, 0.1) is 0 Å². The Morgan fingerprint density at radius 3 is 2.56 bits per heavy atom. The molecular formula is C5H8NO2P. The third kappa shape index (κ3) is 1.86. The lowest BCUT2D eigenvalue weighted by Crippen LogP contribution is -1.86. The van der Waals surface area contributed by atoms with Gasteiger partial charge in [0.1, 0.15) is 5.44 Å². The van der Waals surface area contributed by atoms with Crippen molar-refractivity contribution in [2.24, 2.45) is 4.99 Å². The molecule has 0 aliphatic carbocycles. The number of rotatable bonds is 1. The third-order valence-electron chi connectivity index (χ3n) is 1.05. The van der Waals surface area contributed by atoms with Gasteiger partial charge in [-0.25, -0.2) is 0 Å². The molecule has 0 bridgehead atoms. The van der Waals surface area contributed by atoms with Gasteiger partial charge in [0.25, 0.3) is 0 Å². The predicted molar refractivity (Wildman–Crippen MR) is 37.2 cm³/mol. The van der Waals surface area contributed by atoms with E-state index in [-0.39, 0.29) is 0 Å². The molecule has 1 aliphatic rings. The summed E-state index contributed by atoms with van der Waals surface area (Å²) in [4.78, 5) is 21.0. The highest BCUT2D eigenvalue weighted by Gasteiger charge is 2.06. The second-order valence-corrected chi connectivity index (χ2v) is 2.78. The number of hydrogen-bond donors (Lipinski definition) is 2. The Morgan fingerprint density at radius 1 is 1.44 bits per heavy atom.